The zero-order chi connectivity index (χ0) is 14.7. The van der Waals surface area contributed by atoms with Crippen LogP contribution in [0.15, 0.2) is 30.3 Å². The third-order valence-electron chi connectivity index (χ3n) is 2.98. The lowest BCUT2D eigenvalue weighted by Crippen LogP contribution is -2.48. The largest absolute Gasteiger partial charge is 0.347 e. The van der Waals surface area contributed by atoms with Crippen molar-refractivity contribution in [1.29, 1.82) is 0 Å². The van der Waals surface area contributed by atoms with E-state index in [0.717, 1.165) is 6.26 Å². The molecule has 0 aliphatic rings. The molecule has 1 amide bonds. The highest BCUT2D eigenvalue weighted by atomic mass is 32.2. The predicted molar refractivity (Wildman–Crippen MR) is 72.7 cm³/mol. The molecule has 1 N–H and O–H groups in total. The van der Waals surface area contributed by atoms with Crippen molar-refractivity contribution >= 4 is 21.5 Å². The Morgan fingerprint density at radius 1 is 1.16 bits per heavy atom. The van der Waals surface area contributed by atoms with E-state index in [9.17, 15) is 18.0 Å². The minimum absolute atomic E-state index is 0.220. The number of nitrogens with one attached hydrogen (secondary N) is 1. The Labute approximate surface area is 112 Å². The standard InChI is InChI=1S/C13H17NO4S/c1-13(2,19(3,17)18)12(16)14-9-11(15)10-7-5-4-6-8-10/h4-8H,9H2,1-3H3,(H,14,16). The van der Waals surface area contributed by atoms with Crippen molar-refractivity contribution in [2.75, 3.05) is 12.8 Å². The summed E-state index contributed by atoms with van der Waals surface area (Å²) in [6.45, 7) is 2.40. The highest BCUT2D eigenvalue weighted by Gasteiger charge is 2.38. The second kappa shape index (κ2) is 5.52. The van der Waals surface area contributed by atoms with Gasteiger partial charge in [-0.3, -0.25) is 9.59 Å². The van der Waals surface area contributed by atoms with Crippen LogP contribution >= 0.6 is 0 Å². The van der Waals surface area contributed by atoms with Gasteiger partial charge in [-0.05, 0) is 13.8 Å². The van der Waals surface area contributed by atoms with E-state index in [4.69, 9.17) is 0 Å². The van der Waals surface area contributed by atoms with Crippen LogP contribution in [0.25, 0.3) is 0 Å². The van der Waals surface area contributed by atoms with Gasteiger partial charge in [-0.15, -0.1) is 0 Å². The number of Topliss-reactive ketones (excluding diaryl/α,β-unsaturated/α-hetero) is 1. The minimum atomic E-state index is -3.54. The highest BCUT2D eigenvalue weighted by molar-refractivity contribution is 7.92. The van der Waals surface area contributed by atoms with E-state index in [1.807, 2.05) is 0 Å². The number of hydrogen-bond acceptors (Lipinski definition) is 4. The summed E-state index contributed by atoms with van der Waals surface area (Å²) >= 11 is 0. The van der Waals surface area contributed by atoms with Gasteiger partial charge >= 0.3 is 0 Å². The summed E-state index contributed by atoms with van der Waals surface area (Å²) in [7, 11) is -3.54. The molecule has 1 rings (SSSR count). The first-order chi connectivity index (χ1) is 8.66. The normalized spacial score (nSPS) is 11.9. The lowest BCUT2D eigenvalue weighted by molar-refractivity contribution is -0.122. The quantitative estimate of drug-likeness (QED) is 0.811. The molecule has 1 aromatic carbocycles. The molecule has 0 bridgehead atoms. The Morgan fingerprint density at radius 2 is 1.68 bits per heavy atom. The van der Waals surface area contributed by atoms with Gasteiger partial charge in [-0.2, -0.15) is 0 Å². The van der Waals surface area contributed by atoms with Crippen molar-refractivity contribution in [2.24, 2.45) is 0 Å². The molecule has 104 valence electrons. The maximum absolute atomic E-state index is 11.8. The van der Waals surface area contributed by atoms with Crippen LogP contribution in [0.4, 0.5) is 0 Å². The summed E-state index contributed by atoms with van der Waals surface area (Å²) in [5.41, 5.74) is 0.472. The van der Waals surface area contributed by atoms with E-state index in [2.05, 4.69) is 5.32 Å². The van der Waals surface area contributed by atoms with Crippen molar-refractivity contribution in [2.45, 2.75) is 18.6 Å². The number of ketones is 1. The molecule has 1 aromatic rings. The van der Waals surface area contributed by atoms with Gasteiger partial charge in [-0.25, -0.2) is 8.42 Å². The molecule has 0 aliphatic heterocycles. The molecule has 5 nitrogen and oxygen atoms in total. The van der Waals surface area contributed by atoms with Gasteiger partial charge in [0.15, 0.2) is 15.6 Å². The van der Waals surface area contributed by atoms with Crippen LogP contribution in [-0.4, -0.2) is 37.7 Å². The molecule has 0 aromatic heterocycles. The Bertz CT molecular complexity index is 576. The number of amides is 1. The fourth-order valence-corrected chi connectivity index (χ4v) is 1.68. The molecule has 0 spiro atoms. The summed E-state index contributed by atoms with van der Waals surface area (Å²) in [6, 6.07) is 8.49. The van der Waals surface area contributed by atoms with Gasteiger partial charge in [-0.1, -0.05) is 30.3 Å². The van der Waals surface area contributed by atoms with Crippen molar-refractivity contribution in [3.05, 3.63) is 35.9 Å². The molecule has 0 radical (unpaired) electrons. The molecule has 0 heterocycles. The second-order valence-electron chi connectivity index (χ2n) is 4.75. The SMILES string of the molecule is CC(C)(C(=O)NCC(=O)c1ccccc1)S(C)(=O)=O. The number of carbonyl (C=O) groups excluding carboxylic acids is 2. The summed E-state index contributed by atoms with van der Waals surface area (Å²) in [4.78, 5) is 23.6. The molecule has 6 heteroatoms. The third-order valence-corrected chi connectivity index (χ3v) is 5.02. The molecule has 19 heavy (non-hydrogen) atoms. The number of hydrogen-bond donors (Lipinski definition) is 1. The topological polar surface area (TPSA) is 80.3 Å². The van der Waals surface area contributed by atoms with E-state index in [-0.39, 0.29) is 12.3 Å². The summed E-state index contributed by atoms with van der Waals surface area (Å²) in [6.07, 6.45) is 0.992. The molecular weight excluding hydrogens is 266 g/mol. The number of benzene rings is 1. The third kappa shape index (κ3) is 3.64. The molecule has 0 fully saturated rings. The Kier molecular flexibility index (Phi) is 4.47. The molecule has 0 aliphatic carbocycles. The Balaban J connectivity index is 2.69. The minimum Gasteiger partial charge on any atom is -0.347 e. The van der Waals surface area contributed by atoms with Crippen LogP contribution in [0.5, 0.6) is 0 Å². The van der Waals surface area contributed by atoms with Gasteiger partial charge in [0.25, 0.3) is 0 Å². The van der Waals surface area contributed by atoms with E-state index >= 15 is 0 Å². The first-order valence-electron chi connectivity index (χ1n) is 5.72. The zero-order valence-electron chi connectivity index (χ0n) is 11.1. The molecule has 0 unspecified atom stereocenters. The zero-order valence-corrected chi connectivity index (χ0v) is 12.0. The summed E-state index contributed by atoms with van der Waals surface area (Å²) in [5, 5.41) is 2.36. The lowest BCUT2D eigenvalue weighted by atomic mass is 10.1. The van der Waals surface area contributed by atoms with E-state index in [0.29, 0.717) is 5.56 Å². The monoisotopic (exact) mass is 283 g/mol. The van der Waals surface area contributed by atoms with Crippen molar-refractivity contribution in [3.63, 3.8) is 0 Å². The van der Waals surface area contributed by atoms with Crippen LogP contribution in [-0.2, 0) is 14.6 Å². The van der Waals surface area contributed by atoms with Crippen LogP contribution in [0.1, 0.15) is 24.2 Å². The molecule has 0 atom stereocenters. The van der Waals surface area contributed by atoms with Crippen LogP contribution in [0.2, 0.25) is 0 Å². The molecule has 0 saturated heterocycles. The van der Waals surface area contributed by atoms with Gasteiger partial charge < -0.3 is 5.32 Å². The fraction of sp³-hybridized carbons (Fsp3) is 0.385. The Morgan fingerprint density at radius 3 is 2.16 bits per heavy atom. The van der Waals surface area contributed by atoms with Crippen LogP contribution in [0, 0.1) is 0 Å². The van der Waals surface area contributed by atoms with Crippen molar-refractivity contribution in [3.8, 4) is 0 Å². The Hall–Kier alpha value is -1.69. The number of rotatable bonds is 5. The highest BCUT2D eigenvalue weighted by Crippen LogP contribution is 2.14. The first-order valence-corrected chi connectivity index (χ1v) is 7.61. The average molecular weight is 283 g/mol. The van der Waals surface area contributed by atoms with E-state index in [1.54, 1.807) is 30.3 Å². The van der Waals surface area contributed by atoms with Gasteiger partial charge in [0.1, 0.15) is 4.75 Å². The summed E-state index contributed by atoms with van der Waals surface area (Å²) < 4.78 is 21.4. The number of sulfone groups is 1. The maximum atomic E-state index is 11.8. The van der Waals surface area contributed by atoms with E-state index < -0.39 is 20.5 Å². The molecule has 0 saturated carbocycles. The maximum Gasteiger partial charge on any atom is 0.241 e. The summed E-state index contributed by atoms with van der Waals surface area (Å²) in [5.74, 6) is -0.947. The second-order valence-corrected chi connectivity index (χ2v) is 7.32. The van der Waals surface area contributed by atoms with Gasteiger partial charge in [0.2, 0.25) is 5.91 Å². The van der Waals surface area contributed by atoms with Gasteiger partial charge in [0.05, 0.1) is 6.54 Å². The fourth-order valence-electron chi connectivity index (χ4n) is 1.27. The average Bonchev–Trinajstić information content (AvgIpc) is 2.35. The number of carbonyl (C=O) groups is 2. The smallest absolute Gasteiger partial charge is 0.241 e. The van der Waals surface area contributed by atoms with Crippen molar-refractivity contribution < 1.29 is 18.0 Å². The first kappa shape index (κ1) is 15.4. The predicted octanol–water partition coefficient (Wildman–Crippen LogP) is 0.809. The van der Waals surface area contributed by atoms with Crippen molar-refractivity contribution in [1.82, 2.24) is 5.32 Å². The lowest BCUT2D eigenvalue weighted by Gasteiger charge is -2.21. The molecular formula is C13H17NO4S. The van der Waals surface area contributed by atoms with E-state index in [1.165, 1.54) is 13.8 Å². The van der Waals surface area contributed by atoms with Crippen LogP contribution < -0.4 is 5.32 Å². The van der Waals surface area contributed by atoms with Crippen LogP contribution in [0.3, 0.4) is 0 Å². The van der Waals surface area contributed by atoms with Gasteiger partial charge in [0, 0.05) is 11.8 Å².